The van der Waals surface area contributed by atoms with Crippen LogP contribution in [0.3, 0.4) is 0 Å². The van der Waals surface area contributed by atoms with E-state index in [1.54, 1.807) is 6.20 Å². The smallest absolute Gasteiger partial charge is 0.336 e. The van der Waals surface area contributed by atoms with Gasteiger partial charge in [-0.15, -0.1) is 11.3 Å². The first-order chi connectivity index (χ1) is 10.1. The minimum atomic E-state index is -2.13. The molecule has 22 heavy (non-hydrogen) atoms. The Morgan fingerprint density at radius 2 is 1.95 bits per heavy atom. The van der Waals surface area contributed by atoms with E-state index in [2.05, 4.69) is 43.8 Å². The van der Waals surface area contributed by atoms with Crippen LogP contribution in [0.25, 0.3) is 10.7 Å². The highest BCUT2D eigenvalue weighted by atomic mass is 32.1. The number of hydrogen-bond donors (Lipinski definition) is 0. The molecule has 0 N–H and O–H groups in total. The lowest BCUT2D eigenvalue weighted by molar-refractivity contribution is 0.0717. The van der Waals surface area contributed by atoms with E-state index in [0.29, 0.717) is 10.6 Å². The minimum absolute atomic E-state index is 0.00886. The Bertz CT molecular complexity index is 675. The highest BCUT2D eigenvalue weighted by molar-refractivity contribution is 7.17. The van der Waals surface area contributed by atoms with Crippen molar-refractivity contribution in [3.8, 4) is 10.7 Å². The quantitative estimate of drug-likeness (QED) is 0.765. The summed E-state index contributed by atoms with van der Waals surface area (Å²) >= 11 is 1.35. The number of carbonyl (C=O) groups is 1. The van der Waals surface area contributed by atoms with Gasteiger partial charge >= 0.3 is 5.97 Å². The molecule has 0 unspecified atom stereocenters. The Kier molecular flexibility index (Phi) is 4.53. The van der Waals surface area contributed by atoms with Gasteiger partial charge < -0.3 is 4.43 Å². The third-order valence-electron chi connectivity index (χ3n) is 4.02. The third-order valence-corrected chi connectivity index (χ3v) is 9.49. The van der Waals surface area contributed by atoms with E-state index in [1.807, 2.05) is 25.1 Å². The molecule has 118 valence electrons. The first-order valence-corrected chi connectivity index (χ1v) is 11.0. The van der Waals surface area contributed by atoms with Crippen LogP contribution in [0.2, 0.25) is 18.1 Å². The maximum Gasteiger partial charge on any atom is 0.336 e. The summed E-state index contributed by atoms with van der Waals surface area (Å²) in [5, 5.41) is 0.741. The Morgan fingerprint density at radius 1 is 1.27 bits per heavy atom. The average molecular weight is 335 g/mol. The fraction of sp³-hybridized carbons (Fsp3) is 0.438. The van der Waals surface area contributed by atoms with Gasteiger partial charge in [-0.1, -0.05) is 26.8 Å². The summed E-state index contributed by atoms with van der Waals surface area (Å²) in [6.07, 6.45) is 1.72. The number of carbonyl (C=O) groups excluding carboxylic acids is 1. The first-order valence-electron chi connectivity index (χ1n) is 7.24. The zero-order valence-corrected chi connectivity index (χ0v) is 15.7. The minimum Gasteiger partial charge on any atom is -0.515 e. The molecule has 0 fully saturated rings. The molecule has 0 aliphatic rings. The van der Waals surface area contributed by atoms with Crippen molar-refractivity contribution in [2.24, 2.45) is 0 Å². The molecule has 0 atom stereocenters. The van der Waals surface area contributed by atoms with E-state index < -0.39 is 8.32 Å². The maximum absolute atomic E-state index is 12.5. The van der Waals surface area contributed by atoms with Crippen molar-refractivity contribution in [3.05, 3.63) is 35.0 Å². The van der Waals surface area contributed by atoms with Crippen LogP contribution in [0.15, 0.2) is 24.4 Å². The van der Waals surface area contributed by atoms with Crippen LogP contribution < -0.4 is 0 Å². The van der Waals surface area contributed by atoms with Crippen molar-refractivity contribution < 1.29 is 9.22 Å². The van der Waals surface area contributed by atoms with Gasteiger partial charge in [-0.2, -0.15) is 0 Å². The second-order valence-electron chi connectivity index (χ2n) is 6.80. The van der Waals surface area contributed by atoms with Gasteiger partial charge in [0.05, 0.1) is 11.4 Å². The van der Waals surface area contributed by atoms with E-state index in [9.17, 15) is 4.79 Å². The molecule has 6 heteroatoms. The summed E-state index contributed by atoms with van der Waals surface area (Å²) < 4.78 is 5.87. The molecule has 2 aromatic rings. The number of rotatable bonds is 3. The van der Waals surface area contributed by atoms with Gasteiger partial charge in [0.2, 0.25) is 0 Å². The van der Waals surface area contributed by atoms with Crippen molar-refractivity contribution in [1.82, 2.24) is 9.97 Å². The lowest BCUT2D eigenvalue weighted by Gasteiger charge is -2.35. The number of nitrogens with zero attached hydrogens (tertiary/aromatic N) is 2. The lowest BCUT2D eigenvalue weighted by Crippen LogP contribution is -2.42. The van der Waals surface area contributed by atoms with Crippen LogP contribution in [0, 0.1) is 6.92 Å². The van der Waals surface area contributed by atoms with Crippen LogP contribution in [-0.2, 0) is 4.43 Å². The predicted octanol–water partition coefficient (Wildman–Crippen LogP) is 4.68. The molecule has 2 aromatic heterocycles. The molecular formula is C16H22N2O2SSi. The molecule has 0 radical (unpaired) electrons. The summed E-state index contributed by atoms with van der Waals surface area (Å²) in [4.78, 5) is 21.9. The molecule has 0 bridgehead atoms. The van der Waals surface area contributed by atoms with Gasteiger partial charge in [-0.3, -0.25) is 4.98 Å². The fourth-order valence-electron chi connectivity index (χ4n) is 1.62. The lowest BCUT2D eigenvalue weighted by atomic mass is 10.2. The molecule has 0 spiro atoms. The van der Waals surface area contributed by atoms with Crippen molar-refractivity contribution in [3.63, 3.8) is 0 Å². The second kappa shape index (κ2) is 5.93. The third kappa shape index (κ3) is 3.44. The number of aryl methyl sites for hydroxylation is 1. The molecule has 2 rings (SSSR count). The number of aromatic nitrogens is 2. The molecule has 4 nitrogen and oxygen atoms in total. The zero-order chi connectivity index (χ0) is 16.5. The summed E-state index contributed by atoms with van der Waals surface area (Å²) in [6.45, 7) is 12.3. The average Bonchev–Trinajstić information content (AvgIpc) is 2.80. The molecule has 0 aliphatic heterocycles. The fourth-order valence-corrected chi connectivity index (χ4v) is 3.48. The Morgan fingerprint density at radius 3 is 2.50 bits per heavy atom. The normalized spacial score (nSPS) is 12.3. The standard InChI is InChI=1S/C16H22N2O2SSi/c1-11-13(15(19)20-22(5,6)16(2,3)4)21-14(18-11)12-9-7-8-10-17-12/h7-10H,1-6H3. The van der Waals surface area contributed by atoms with E-state index in [0.717, 1.165) is 10.7 Å². The van der Waals surface area contributed by atoms with Gasteiger partial charge in [0.15, 0.2) is 0 Å². The molecular weight excluding hydrogens is 312 g/mol. The topological polar surface area (TPSA) is 52.1 Å². The Labute approximate surface area is 136 Å². The molecule has 0 aromatic carbocycles. The maximum atomic E-state index is 12.5. The Balaban J connectivity index is 2.27. The highest BCUT2D eigenvalue weighted by Gasteiger charge is 2.41. The van der Waals surface area contributed by atoms with Crippen LogP contribution >= 0.6 is 11.3 Å². The largest absolute Gasteiger partial charge is 0.515 e. The molecule has 0 saturated carbocycles. The van der Waals surface area contributed by atoms with E-state index in [-0.39, 0.29) is 11.0 Å². The van der Waals surface area contributed by atoms with Gasteiger partial charge in [0, 0.05) is 6.20 Å². The van der Waals surface area contributed by atoms with Crippen LogP contribution in [0.4, 0.5) is 0 Å². The van der Waals surface area contributed by atoms with E-state index in [4.69, 9.17) is 4.43 Å². The van der Waals surface area contributed by atoms with Gasteiger partial charge in [-0.25, -0.2) is 9.78 Å². The molecule has 0 amide bonds. The van der Waals surface area contributed by atoms with Gasteiger partial charge in [0.25, 0.3) is 8.32 Å². The summed E-state index contributed by atoms with van der Waals surface area (Å²) in [5.74, 6) is -0.260. The van der Waals surface area contributed by atoms with Crippen molar-refractivity contribution in [2.75, 3.05) is 0 Å². The van der Waals surface area contributed by atoms with Crippen molar-refractivity contribution in [1.29, 1.82) is 0 Å². The predicted molar refractivity (Wildman–Crippen MR) is 92.7 cm³/mol. The Hall–Kier alpha value is -1.53. The van der Waals surface area contributed by atoms with Crippen LogP contribution in [-0.4, -0.2) is 24.3 Å². The monoisotopic (exact) mass is 334 g/mol. The van der Waals surface area contributed by atoms with E-state index in [1.165, 1.54) is 11.3 Å². The van der Waals surface area contributed by atoms with Crippen LogP contribution in [0.5, 0.6) is 0 Å². The highest BCUT2D eigenvalue weighted by Crippen LogP contribution is 2.38. The molecule has 2 heterocycles. The number of pyridine rings is 1. The summed E-state index contributed by atoms with van der Waals surface area (Å²) in [6, 6.07) is 5.66. The SMILES string of the molecule is Cc1nc(-c2ccccn2)sc1C(=O)O[Si](C)(C)C(C)(C)C. The summed E-state index contributed by atoms with van der Waals surface area (Å²) in [5.41, 5.74) is 1.48. The van der Waals surface area contributed by atoms with Crippen molar-refractivity contribution in [2.45, 2.75) is 45.8 Å². The van der Waals surface area contributed by atoms with E-state index >= 15 is 0 Å². The van der Waals surface area contributed by atoms with Gasteiger partial charge in [0.1, 0.15) is 9.88 Å². The first kappa shape index (κ1) is 16.8. The summed E-state index contributed by atoms with van der Waals surface area (Å²) in [7, 11) is -2.13. The van der Waals surface area contributed by atoms with Crippen molar-refractivity contribution >= 4 is 25.6 Å². The zero-order valence-electron chi connectivity index (χ0n) is 13.9. The molecule has 0 saturated heterocycles. The molecule has 0 aliphatic carbocycles. The second-order valence-corrected chi connectivity index (χ2v) is 12.5. The van der Waals surface area contributed by atoms with Gasteiger partial charge in [-0.05, 0) is 37.2 Å². The number of thiazole rings is 1. The number of hydrogen-bond acceptors (Lipinski definition) is 5. The van der Waals surface area contributed by atoms with Crippen LogP contribution in [0.1, 0.15) is 36.1 Å².